The number of ether oxygens (including phenoxy) is 2. The molecule has 0 bridgehead atoms. The van der Waals surface area contributed by atoms with Gasteiger partial charge in [0.25, 0.3) is 0 Å². The summed E-state index contributed by atoms with van der Waals surface area (Å²) in [5.74, 6) is -0.650. The quantitative estimate of drug-likeness (QED) is 0.905. The number of benzene rings is 1. The molecule has 2 heterocycles. The summed E-state index contributed by atoms with van der Waals surface area (Å²) in [5, 5.41) is 9.30. The second kappa shape index (κ2) is 6.32. The number of piperidine rings is 1. The van der Waals surface area contributed by atoms with E-state index in [1.54, 1.807) is 24.1 Å². The Morgan fingerprint density at radius 2 is 2.21 bits per heavy atom. The van der Waals surface area contributed by atoms with Gasteiger partial charge in [-0.1, -0.05) is 6.07 Å². The number of amides is 1. The van der Waals surface area contributed by atoms with E-state index in [1.807, 2.05) is 6.07 Å². The Kier molecular flexibility index (Phi) is 4.36. The fourth-order valence-corrected chi connectivity index (χ4v) is 3.61. The highest BCUT2D eigenvalue weighted by molar-refractivity contribution is 5.91. The number of nitrogens with zero attached hydrogens (tertiary/aromatic N) is 2. The molecule has 7 nitrogen and oxygen atoms in total. The molecule has 2 fully saturated rings. The van der Waals surface area contributed by atoms with Crippen LogP contribution in [-0.4, -0.2) is 66.4 Å². The van der Waals surface area contributed by atoms with Crippen LogP contribution in [0, 0.1) is 0 Å². The van der Waals surface area contributed by atoms with Crippen LogP contribution in [0.5, 0.6) is 5.75 Å². The number of carbonyl (C=O) groups is 2. The largest absolute Gasteiger partial charge is 0.496 e. The topological polar surface area (TPSA) is 79.3 Å². The number of carboxylic acid groups (broad SMARTS) is 1. The van der Waals surface area contributed by atoms with Crippen molar-refractivity contribution in [2.45, 2.75) is 25.0 Å². The lowest BCUT2D eigenvalue weighted by atomic mass is 9.92. The first-order valence-electron chi connectivity index (χ1n) is 7.99. The summed E-state index contributed by atoms with van der Waals surface area (Å²) in [6, 6.07) is 5.20. The molecule has 1 aromatic rings. The number of carbonyl (C=O) groups excluding carboxylic acids is 1. The highest BCUT2D eigenvalue weighted by Crippen LogP contribution is 2.32. The number of rotatable bonds is 4. The van der Waals surface area contributed by atoms with Gasteiger partial charge in [-0.15, -0.1) is 0 Å². The molecular formula is C17H22N2O5. The van der Waals surface area contributed by atoms with Crippen molar-refractivity contribution in [2.75, 3.05) is 33.8 Å². The van der Waals surface area contributed by atoms with Gasteiger partial charge in [0, 0.05) is 20.1 Å². The number of carboxylic acids is 1. The van der Waals surface area contributed by atoms with Crippen molar-refractivity contribution in [1.29, 1.82) is 0 Å². The van der Waals surface area contributed by atoms with E-state index in [4.69, 9.17) is 9.47 Å². The van der Waals surface area contributed by atoms with E-state index in [2.05, 4.69) is 4.90 Å². The Bertz CT molecular complexity index is 662. The molecule has 1 N–H and O–H groups in total. The molecule has 7 heteroatoms. The fraction of sp³-hybridized carbons (Fsp3) is 0.529. The lowest BCUT2D eigenvalue weighted by Gasteiger charge is -2.38. The van der Waals surface area contributed by atoms with Gasteiger partial charge in [-0.25, -0.2) is 9.59 Å². The van der Waals surface area contributed by atoms with Crippen molar-refractivity contribution < 1.29 is 24.2 Å². The van der Waals surface area contributed by atoms with Gasteiger partial charge < -0.3 is 19.5 Å². The second-order valence-corrected chi connectivity index (χ2v) is 6.56. The van der Waals surface area contributed by atoms with Crippen LogP contribution in [0.3, 0.4) is 0 Å². The smallest absolute Gasteiger partial charge is 0.410 e. The Hall–Kier alpha value is -2.28. The molecule has 0 aromatic heterocycles. The van der Waals surface area contributed by atoms with Crippen LogP contribution in [0.4, 0.5) is 4.79 Å². The molecule has 3 rings (SSSR count). The van der Waals surface area contributed by atoms with Gasteiger partial charge in [-0.2, -0.15) is 0 Å². The average molecular weight is 334 g/mol. The molecule has 0 radical (unpaired) electrons. The van der Waals surface area contributed by atoms with E-state index < -0.39 is 11.6 Å². The number of aromatic carboxylic acids is 1. The van der Waals surface area contributed by atoms with Crippen LogP contribution >= 0.6 is 0 Å². The third-order valence-electron chi connectivity index (χ3n) is 4.66. The predicted octanol–water partition coefficient (Wildman–Crippen LogP) is 1.81. The van der Waals surface area contributed by atoms with Gasteiger partial charge in [0.05, 0.1) is 13.7 Å². The number of likely N-dealkylation sites (tertiary alicyclic amines) is 1. The summed E-state index contributed by atoms with van der Waals surface area (Å²) in [4.78, 5) is 26.9. The van der Waals surface area contributed by atoms with Crippen LogP contribution in [0.1, 0.15) is 28.8 Å². The summed E-state index contributed by atoms with van der Waals surface area (Å²) in [6.07, 6.45) is 1.54. The first kappa shape index (κ1) is 16.6. The number of hydrogen-bond donors (Lipinski definition) is 1. The number of hydrogen-bond acceptors (Lipinski definition) is 5. The van der Waals surface area contributed by atoms with Crippen molar-refractivity contribution in [3.8, 4) is 5.75 Å². The summed E-state index contributed by atoms with van der Waals surface area (Å²) in [7, 11) is 3.21. The van der Waals surface area contributed by atoms with E-state index >= 15 is 0 Å². The molecular weight excluding hydrogens is 312 g/mol. The summed E-state index contributed by atoms with van der Waals surface area (Å²) in [5.41, 5.74) is 0.628. The zero-order chi connectivity index (χ0) is 17.3. The molecule has 2 aliphatic rings. The van der Waals surface area contributed by atoms with E-state index in [0.717, 1.165) is 24.9 Å². The number of likely N-dealkylation sites (N-methyl/N-ethyl adjacent to an activating group) is 1. The Labute approximate surface area is 140 Å². The maximum Gasteiger partial charge on any atom is 0.410 e. The fourth-order valence-electron chi connectivity index (χ4n) is 3.61. The standard InChI is InChI=1S/C17H22N2O5/c1-18-10-17(24-16(18)22)6-3-7-19(11-17)9-12-4-5-14(23-2)13(8-12)15(20)21/h4-5,8H,3,6-7,9-11H2,1-2H3,(H,20,21)/t17-/m0/s1. The Balaban J connectivity index is 1.73. The molecule has 0 aliphatic carbocycles. The van der Waals surface area contributed by atoms with E-state index in [1.165, 1.54) is 7.11 Å². The molecule has 0 unspecified atom stereocenters. The predicted molar refractivity (Wildman–Crippen MR) is 86.3 cm³/mol. The minimum Gasteiger partial charge on any atom is -0.496 e. The van der Waals surface area contributed by atoms with Gasteiger partial charge >= 0.3 is 12.1 Å². The van der Waals surface area contributed by atoms with Crippen LogP contribution < -0.4 is 4.74 Å². The van der Waals surface area contributed by atoms with Crippen molar-refractivity contribution in [1.82, 2.24) is 9.80 Å². The van der Waals surface area contributed by atoms with E-state index in [9.17, 15) is 14.7 Å². The molecule has 0 saturated carbocycles. The van der Waals surface area contributed by atoms with Crippen molar-refractivity contribution in [3.05, 3.63) is 29.3 Å². The minimum absolute atomic E-state index is 0.161. The first-order valence-corrected chi connectivity index (χ1v) is 7.99. The summed E-state index contributed by atoms with van der Waals surface area (Å²) < 4.78 is 10.7. The second-order valence-electron chi connectivity index (χ2n) is 6.56. The maximum atomic E-state index is 11.7. The molecule has 24 heavy (non-hydrogen) atoms. The van der Waals surface area contributed by atoms with Crippen molar-refractivity contribution >= 4 is 12.1 Å². The van der Waals surface area contributed by atoms with Crippen LogP contribution in [-0.2, 0) is 11.3 Å². The highest BCUT2D eigenvalue weighted by Gasteiger charge is 2.46. The van der Waals surface area contributed by atoms with Crippen LogP contribution in [0.2, 0.25) is 0 Å². The summed E-state index contributed by atoms with van der Waals surface area (Å²) >= 11 is 0. The Morgan fingerprint density at radius 1 is 1.42 bits per heavy atom. The van der Waals surface area contributed by atoms with Crippen LogP contribution in [0.25, 0.3) is 0 Å². The molecule has 1 aromatic carbocycles. The molecule has 1 spiro atoms. The average Bonchev–Trinajstić information content (AvgIpc) is 2.80. The molecule has 1 amide bonds. The third kappa shape index (κ3) is 3.17. The van der Waals surface area contributed by atoms with Gasteiger partial charge in [0.15, 0.2) is 0 Å². The van der Waals surface area contributed by atoms with E-state index in [-0.39, 0.29) is 11.7 Å². The monoisotopic (exact) mass is 334 g/mol. The minimum atomic E-state index is -1.00. The highest BCUT2D eigenvalue weighted by atomic mass is 16.6. The lowest BCUT2D eigenvalue weighted by Crippen LogP contribution is -2.50. The van der Waals surface area contributed by atoms with Crippen molar-refractivity contribution in [2.24, 2.45) is 0 Å². The number of methoxy groups -OCH3 is 1. The molecule has 1 atom stereocenters. The van der Waals surface area contributed by atoms with Gasteiger partial charge in [0.1, 0.15) is 16.9 Å². The van der Waals surface area contributed by atoms with Crippen molar-refractivity contribution in [3.63, 3.8) is 0 Å². The zero-order valence-corrected chi connectivity index (χ0v) is 13.9. The van der Waals surface area contributed by atoms with Gasteiger partial charge in [-0.3, -0.25) is 4.90 Å². The first-order chi connectivity index (χ1) is 11.4. The SMILES string of the molecule is COc1ccc(CN2CCC[C@@]3(C2)CN(C)C(=O)O3)cc1C(=O)O. The summed E-state index contributed by atoms with van der Waals surface area (Å²) in [6.45, 7) is 2.79. The normalized spacial score (nSPS) is 24.2. The van der Waals surface area contributed by atoms with E-state index in [0.29, 0.717) is 25.4 Å². The maximum absolute atomic E-state index is 11.7. The van der Waals surface area contributed by atoms with Gasteiger partial charge in [0.2, 0.25) is 0 Å². The molecule has 2 aliphatic heterocycles. The molecule has 2 saturated heterocycles. The lowest BCUT2D eigenvalue weighted by molar-refractivity contribution is -0.0113. The molecule has 130 valence electrons. The Morgan fingerprint density at radius 3 is 2.83 bits per heavy atom. The third-order valence-corrected chi connectivity index (χ3v) is 4.66. The zero-order valence-electron chi connectivity index (χ0n) is 13.9. The van der Waals surface area contributed by atoms with Gasteiger partial charge in [-0.05, 0) is 37.1 Å². The van der Waals surface area contributed by atoms with Crippen LogP contribution in [0.15, 0.2) is 18.2 Å².